The van der Waals surface area contributed by atoms with Gasteiger partial charge in [-0.3, -0.25) is 19.2 Å². The number of phenolic OH excluding ortho intramolecular Hbond substituents is 1. The van der Waals surface area contributed by atoms with Crippen LogP contribution in [0.25, 0.3) is 0 Å². The van der Waals surface area contributed by atoms with Crippen LogP contribution in [0, 0.1) is 0 Å². The summed E-state index contributed by atoms with van der Waals surface area (Å²) in [7, 11) is 0. The Kier molecular flexibility index (Phi) is 11.7. The molecular weight excluding hydrogens is 496 g/mol. The number of amides is 3. The van der Waals surface area contributed by atoms with Crippen LogP contribution >= 0.6 is 0 Å². The highest BCUT2D eigenvalue weighted by molar-refractivity contribution is 5.92. The standard InChI is InChI=1S/C26H32N4O8/c1-16(29-25(36)20(27)13-17-7-9-19(31)10-8-17)24(35)28-14-22(32)30-21(11-12-23(33)34)26(37)38-15-18-5-3-2-4-6-18/h2-10,16,20-21,31H,11-15,27H2,1H3,(H,28,35)(H,29,36)(H,30,32)(H,33,34)/t16-,20?,21?/m0/s1. The summed E-state index contributed by atoms with van der Waals surface area (Å²) >= 11 is 0. The summed E-state index contributed by atoms with van der Waals surface area (Å²) in [6.07, 6.45) is -0.403. The highest BCUT2D eigenvalue weighted by Crippen LogP contribution is 2.11. The SMILES string of the molecule is C[C@H](NC(=O)C(N)Cc1ccc(O)cc1)C(=O)NCC(=O)NC(CCC(=O)O)C(=O)OCc1ccccc1. The highest BCUT2D eigenvalue weighted by atomic mass is 16.5. The summed E-state index contributed by atoms with van der Waals surface area (Å²) in [5.74, 6) is -3.87. The second-order valence-corrected chi connectivity index (χ2v) is 8.57. The molecule has 0 aromatic heterocycles. The van der Waals surface area contributed by atoms with Gasteiger partial charge in [0.05, 0.1) is 12.6 Å². The number of rotatable bonds is 14. The number of aromatic hydroxyl groups is 1. The Morgan fingerprint density at radius 3 is 2.21 bits per heavy atom. The summed E-state index contributed by atoms with van der Waals surface area (Å²) < 4.78 is 5.20. The van der Waals surface area contributed by atoms with Crippen molar-refractivity contribution in [3.8, 4) is 5.75 Å². The fourth-order valence-electron chi connectivity index (χ4n) is 3.28. The van der Waals surface area contributed by atoms with Crippen molar-refractivity contribution in [2.45, 2.75) is 50.9 Å². The second-order valence-electron chi connectivity index (χ2n) is 8.57. The Morgan fingerprint density at radius 2 is 1.58 bits per heavy atom. The lowest BCUT2D eigenvalue weighted by Crippen LogP contribution is -2.52. The third-order valence-electron chi connectivity index (χ3n) is 5.39. The lowest BCUT2D eigenvalue weighted by molar-refractivity contribution is -0.149. The molecule has 12 heteroatoms. The number of ether oxygens (including phenoxy) is 1. The first-order valence-corrected chi connectivity index (χ1v) is 11.9. The van der Waals surface area contributed by atoms with Crippen LogP contribution in [0.15, 0.2) is 54.6 Å². The Balaban J connectivity index is 1.82. The van der Waals surface area contributed by atoms with Crippen LogP contribution in [0.3, 0.4) is 0 Å². The van der Waals surface area contributed by atoms with Crippen LogP contribution in [0.2, 0.25) is 0 Å². The van der Waals surface area contributed by atoms with Crippen molar-refractivity contribution in [3.63, 3.8) is 0 Å². The van der Waals surface area contributed by atoms with Gasteiger partial charge in [0.2, 0.25) is 17.7 Å². The van der Waals surface area contributed by atoms with E-state index >= 15 is 0 Å². The van der Waals surface area contributed by atoms with E-state index in [4.69, 9.17) is 15.6 Å². The molecule has 0 aliphatic rings. The number of benzene rings is 2. The molecule has 38 heavy (non-hydrogen) atoms. The number of carbonyl (C=O) groups is 5. The van der Waals surface area contributed by atoms with Crippen LogP contribution in [0.5, 0.6) is 5.75 Å². The van der Waals surface area contributed by atoms with E-state index in [1.807, 2.05) is 0 Å². The van der Waals surface area contributed by atoms with Gasteiger partial charge in [-0.1, -0.05) is 42.5 Å². The molecule has 2 aromatic carbocycles. The first kappa shape index (κ1) is 29.8. The number of carbonyl (C=O) groups excluding carboxylic acids is 4. The van der Waals surface area contributed by atoms with E-state index in [1.54, 1.807) is 42.5 Å². The van der Waals surface area contributed by atoms with Gasteiger partial charge in [0.15, 0.2) is 0 Å². The minimum absolute atomic E-state index is 0.0536. The number of carboxylic acid groups (broad SMARTS) is 1. The molecule has 7 N–H and O–H groups in total. The van der Waals surface area contributed by atoms with Crippen LogP contribution < -0.4 is 21.7 Å². The Labute approximate surface area is 219 Å². The molecule has 0 bridgehead atoms. The maximum Gasteiger partial charge on any atom is 0.328 e. The summed E-state index contributed by atoms with van der Waals surface area (Å²) in [4.78, 5) is 60.5. The molecule has 204 valence electrons. The van der Waals surface area contributed by atoms with Crippen molar-refractivity contribution in [3.05, 3.63) is 65.7 Å². The molecule has 2 aromatic rings. The predicted molar refractivity (Wildman–Crippen MR) is 135 cm³/mol. The molecule has 0 saturated carbocycles. The van der Waals surface area contributed by atoms with Gasteiger partial charge < -0.3 is 36.6 Å². The molecule has 3 atom stereocenters. The molecule has 0 radical (unpaired) electrons. The number of hydrogen-bond donors (Lipinski definition) is 6. The maximum atomic E-state index is 12.5. The monoisotopic (exact) mass is 528 g/mol. The second kappa shape index (κ2) is 15.0. The molecule has 0 saturated heterocycles. The van der Waals surface area contributed by atoms with Gasteiger partial charge in [0.1, 0.15) is 24.4 Å². The molecule has 2 unspecified atom stereocenters. The number of carboxylic acids is 1. The summed E-state index contributed by atoms with van der Waals surface area (Å²) in [5, 5.41) is 25.5. The average molecular weight is 529 g/mol. The van der Waals surface area contributed by atoms with E-state index in [9.17, 15) is 29.1 Å². The zero-order chi connectivity index (χ0) is 28.1. The largest absolute Gasteiger partial charge is 0.508 e. The van der Waals surface area contributed by atoms with Crippen LogP contribution in [-0.4, -0.2) is 64.5 Å². The third-order valence-corrected chi connectivity index (χ3v) is 5.39. The number of aliphatic carboxylic acids is 1. The van der Waals surface area contributed by atoms with Crippen molar-refractivity contribution in [1.82, 2.24) is 16.0 Å². The number of phenols is 1. The van der Waals surface area contributed by atoms with Crippen molar-refractivity contribution in [2.75, 3.05) is 6.54 Å². The van der Waals surface area contributed by atoms with E-state index in [-0.39, 0.29) is 31.6 Å². The fourth-order valence-corrected chi connectivity index (χ4v) is 3.28. The summed E-state index contributed by atoms with van der Waals surface area (Å²) in [6.45, 7) is 0.838. The Morgan fingerprint density at radius 1 is 0.921 bits per heavy atom. The van der Waals surface area contributed by atoms with Gasteiger partial charge in [0, 0.05) is 6.42 Å². The summed E-state index contributed by atoms with van der Waals surface area (Å²) in [5.41, 5.74) is 7.34. The molecular formula is C26H32N4O8. The van der Waals surface area contributed by atoms with Crippen molar-refractivity contribution < 1.29 is 38.9 Å². The lowest BCUT2D eigenvalue weighted by atomic mass is 10.1. The number of hydrogen-bond acceptors (Lipinski definition) is 8. The number of nitrogens with one attached hydrogen (secondary N) is 3. The fraction of sp³-hybridized carbons (Fsp3) is 0.346. The first-order valence-electron chi connectivity index (χ1n) is 11.9. The molecule has 0 aliphatic carbocycles. The van der Waals surface area contributed by atoms with Crippen LogP contribution in [-0.2, 0) is 41.7 Å². The van der Waals surface area contributed by atoms with Gasteiger partial charge in [-0.05, 0) is 43.0 Å². The van der Waals surface area contributed by atoms with E-state index in [2.05, 4.69) is 16.0 Å². The van der Waals surface area contributed by atoms with Crippen molar-refractivity contribution in [1.29, 1.82) is 0 Å². The third kappa shape index (κ3) is 10.7. The Hall–Kier alpha value is -4.45. The predicted octanol–water partition coefficient (Wildman–Crippen LogP) is -0.0241. The van der Waals surface area contributed by atoms with Crippen molar-refractivity contribution in [2.24, 2.45) is 5.73 Å². The normalized spacial score (nSPS) is 12.9. The van der Waals surface area contributed by atoms with Gasteiger partial charge in [-0.15, -0.1) is 0 Å². The lowest BCUT2D eigenvalue weighted by Gasteiger charge is -2.19. The van der Waals surface area contributed by atoms with E-state index in [1.165, 1.54) is 19.1 Å². The molecule has 0 spiro atoms. The quantitative estimate of drug-likeness (QED) is 0.182. The van der Waals surface area contributed by atoms with E-state index < -0.39 is 54.3 Å². The smallest absolute Gasteiger partial charge is 0.328 e. The first-order chi connectivity index (χ1) is 18.0. The molecule has 2 rings (SSSR count). The maximum absolute atomic E-state index is 12.5. The minimum atomic E-state index is -1.23. The zero-order valence-electron chi connectivity index (χ0n) is 20.9. The zero-order valence-corrected chi connectivity index (χ0v) is 20.9. The van der Waals surface area contributed by atoms with Gasteiger partial charge >= 0.3 is 11.9 Å². The van der Waals surface area contributed by atoms with Gasteiger partial charge in [0.25, 0.3) is 0 Å². The van der Waals surface area contributed by atoms with Crippen LogP contribution in [0.1, 0.15) is 30.9 Å². The molecule has 3 amide bonds. The van der Waals surface area contributed by atoms with E-state index in [0.717, 1.165) is 11.1 Å². The molecule has 12 nitrogen and oxygen atoms in total. The topological polar surface area (TPSA) is 197 Å². The van der Waals surface area contributed by atoms with Crippen LogP contribution in [0.4, 0.5) is 0 Å². The van der Waals surface area contributed by atoms with Crippen molar-refractivity contribution >= 4 is 29.7 Å². The molecule has 0 aliphatic heterocycles. The van der Waals surface area contributed by atoms with Gasteiger partial charge in [-0.2, -0.15) is 0 Å². The average Bonchev–Trinajstić information content (AvgIpc) is 2.89. The number of nitrogens with two attached hydrogens (primary N) is 1. The molecule has 0 fully saturated rings. The summed E-state index contributed by atoms with van der Waals surface area (Å²) in [6, 6.07) is 11.8. The minimum Gasteiger partial charge on any atom is -0.508 e. The highest BCUT2D eigenvalue weighted by Gasteiger charge is 2.25. The van der Waals surface area contributed by atoms with E-state index in [0.29, 0.717) is 0 Å². The molecule has 0 heterocycles. The number of esters is 1. The van der Waals surface area contributed by atoms with Gasteiger partial charge in [-0.25, -0.2) is 4.79 Å². The Bertz CT molecular complexity index is 1110.